The van der Waals surface area contributed by atoms with Crippen molar-refractivity contribution in [3.05, 3.63) is 58.0 Å². The second-order valence-electron chi connectivity index (χ2n) is 6.28. The molecule has 1 unspecified atom stereocenters. The van der Waals surface area contributed by atoms with E-state index in [2.05, 4.69) is 10.6 Å². The Bertz CT molecular complexity index is 752. The van der Waals surface area contributed by atoms with Crippen LogP contribution in [0.15, 0.2) is 41.8 Å². The highest BCUT2D eigenvalue weighted by atomic mass is 32.1. The Morgan fingerprint density at radius 2 is 2.07 bits per heavy atom. The first-order valence-corrected chi connectivity index (χ1v) is 9.67. The number of benzene rings is 1. The molecule has 1 atom stereocenters. The first-order valence-electron chi connectivity index (χ1n) is 8.79. The number of thiophene rings is 1. The Morgan fingerprint density at radius 3 is 2.81 bits per heavy atom. The molecule has 0 spiro atoms. The maximum absolute atomic E-state index is 13.1. The van der Waals surface area contributed by atoms with Gasteiger partial charge in [-0.3, -0.25) is 15.0 Å². The van der Waals surface area contributed by atoms with Gasteiger partial charge in [0.15, 0.2) is 0 Å². The van der Waals surface area contributed by atoms with Crippen LogP contribution in [0.4, 0.5) is 9.18 Å². The number of urea groups is 1. The molecule has 1 aromatic carbocycles. The molecule has 2 N–H and O–H groups in total. The van der Waals surface area contributed by atoms with Crippen LogP contribution in [0.25, 0.3) is 0 Å². The van der Waals surface area contributed by atoms with Crippen LogP contribution in [0.2, 0.25) is 0 Å². The molecule has 0 bridgehead atoms. The van der Waals surface area contributed by atoms with E-state index >= 15 is 0 Å². The number of morpholine rings is 1. The summed E-state index contributed by atoms with van der Waals surface area (Å²) in [6.07, 6.45) is 0.522. The van der Waals surface area contributed by atoms with Crippen LogP contribution in [-0.4, -0.2) is 49.6 Å². The van der Waals surface area contributed by atoms with E-state index in [4.69, 9.17) is 4.74 Å². The van der Waals surface area contributed by atoms with Crippen molar-refractivity contribution in [3.63, 3.8) is 0 Å². The van der Waals surface area contributed by atoms with Gasteiger partial charge in [0, 0.05) is 24.5 Å². The first-order chi connectivity index (χ1) is 13.1. The average Bonchev–Trinajstić information content (AvgIpc) is 3.16. The third-order valence-corrected chi connectivity index (χ3v) is 5.19. The number of nitrogens with zero attached hydrogens (tertiary/aromatic N) is 1. The fourth-order valence-electron chi connectivity index (χ4n) is 2.89. The molecule has 0 aliphatic carbocycles. The van der Waals surface area contributed by atoms with Gasteiger partial charge in [-0.05, 0) is 35.6 Å². The summed E-state index contributed by atoms with van der Waals surface area (Å²) in [6.45, 7) is 2.18. The smallest absolute Gasteiger partial charge is 0.321 e. The van der Waals surface area contributed by atoms with Crippen molar-refractivity contribution in [1.82, 2.24) is 15.5 Å². The molecule has 1 aliphatic rings. The lowest BCUT2D eigenvalue weighted by molar-refractivity contribution is -0.123. The molecular formula is C19H22FN3O3S. The zero-order valence-corrected chi connectivity index (χ0v) is 15.6. The lowest BCUT2D eigenvalue weighted by Crippen LogP contribution is -2.48. The molecule has 1 saturated heterocycles. The van der Waals surface area contributed by atoms with Gasteiger partial charge in [-0.15, -0.1) is 11.3 Å². The fraction of sp³-hybridized carbons (Fsp3) is 0.368. The van der Waals surface area contributed by atoms with Crippen molar-refractivity contribution >= 4 is 23.3 Å². The van der Waals surface area contributed by atoms with Crippen LogP contribution in [0.3, 0.4) is 0 Å². The zero-order chi connectivity index (χ0) is 19.1. The number of carbonyl (C=O) groups is 2. The third-order valence-electron chi connectivity index (χ3n) is 4.25. The van der Waals surface area contributed by atoms with Gasteiger partial charge < -0.3 is 10.1 Å². The molecule has 144 valence electrons. The SMILES string of the molecule is O=C(CN1CCOC(c2ccc(F)cc2)C1)NC(=O)NCCc1cccs1. The van der Waals surface area contributed by atoms with Gasteiger partial charge in [0.25, 0.3) is 0 Å². The Balaban J connectivity index is 1.40. The van der Waals surface area contributed by atoms with E-state index in [0.717, 1.165) is 12.0 Å². The highest BCUT2D eigenvalue weighted by Gasteiger charge is 2.24. The molecule has 0 saturated carbocycles. The number of carbonyl (C=O) groups excluding carboxylic acids is 2. The molecule has 3 amide bonds. The van der Waals surface area contributed by atoms with Gasteiger partial charge >= 0.3 is 6.03 Å². The van der Waals surface area contributed by atoms with Crippen molar-refractivity contribution < 1.29 is 18.7 Å². The molecular weight excluding hydrogens is 369 g/mol. The summed E-state index contributed by atoms with van der Waals surface area (Å²) in [5.74, 6) is -0.653. The average molecular weight is 391 g/mol. The number of hydrogen-bond donors (Lipinski definition) is 2. The molecule has 3 rings (SSSR count). The highest BCUT2D eigenvalue weighted by Crippen LogP contribution is 2.22. The number of imide groups is 1. The number of halogens is 1. The van der Waals surface area contributed by atoms with Crippen LogP contribution >= 0.6 is 11.3 Å². The van der Waals surface area contributed by atoms with Gasteiger partial charge in [0.05, 0.1) is 19.3 Å². The second kappa shape index (κ2) is 9.59. The Kier molecular flexibility index (Phi) is 6.92. The molecule has 0 radical (unpaired) electrons. The van der Waals surface area contributed by atoms with E-state index in [1.54, 1.807) is 23.5 Å². The minimum Gasteiger partial charge on any atom is -0.371 e. The number of amides is 3. The van der Waals surface area contributed by atoms with Crippen molar-refractivity contribution in [2.75, 3.05) is 32.8 Å². The topological polar surface area (TPSA) is 70.7 Å². The molecule has 8 heteroatoms. The van der Waals surface area contributed by atoms with Gasteiger partial charge in [-0.2, -0.15) is 0 Å². The summed E-state index contributed by atoms with van der Waals surface area (Å²) >= 11 is 1.63. The number of nitrogens with one attached hydrogen (secondary N) is 2. The van der Waals surface area contributed by atoms with Gasteiger partial charge in [-0.1, -0.05) is 18.2 Å². The van der Waals surface area contributed by atoms with E-state index in [1.807, 2.05) is 22.4 Å². The summed E-state index contributed by atoms with van der Waals surface area (Å²) in [4.78, 5) is 27.0. The van der Waals surface area contributed by atoms with Crippen molar-refractivity contribution in [3.8, 4) is 0 Å². The van der Waals surface area contributed by atoms with Crippen LogP contribution in [0.5, 0.6) is 0 Å². The highest BCUT2D eigenvalue weighted by molar-refractivity contribution is 7.09. The summed E-state index contributed by atoms with van der Waals surface area (Å²) in [6, 6.07) is 9.64. The van der Waals surface area contributed by atoms with Crippen LogP contribution in [0.1, 0.15) is 16.5 Å². The maximum Gasteiger partial charge on any atom is 0.321 e. The third kappa shape index (κ3) is 6.13. The maximum atomic E-state index is 13.1. The van der Waals surface area contributed by atoms with E-state index in [1.165, 1.54) is 17.0 Å². The number of rotatable bonds is 6. The summed E-state index contributed by atoms with van der Waals surface area (Å²) in [5, 5.41) is 7.02. The molecule has 2 aromatic rings. The zero-order valence-electron chi connectivity index (χ0n) is 14.8. The summed E-state index contributed by atoms with van der Waals surface area (Å²) in [5.41, 5.74) is 0.868. The largest absolute Gasteiger partial charge is 0.371 e. The molecule has 2 heterocycles. The lowest BCUT2D eigenvalue weighted by Gasteiger charge is -2.32. The monoisotopic (exact) mass is 391 g/mol. The van der Waals surface area contributed by atoms with Crippen LogP contribution in [0, 0.1) is 5.82 Å². The Morgan fingerprint density at radius 1 is 1.26 bits per heavy atom. The minimum absolute atomic E-state index is 0.111. The number of ether oxygens (including phenoxy) is 1. The quantitative estimate of drug-likeness (QED) is 0.793. The van der Waals surface area contributed by atoms with Crippen molar-refractivity contribution in [2.45, 2.75) is 12.5 Å². The molecule has 1 aliphatic heterocycles. The Hall–Kier alpha value is -2.29. The van der Waals surface area contributed by atoms with Crippen LogP contribution in [-0.2, 0) is 16.0 Å². The van der Waals surface area contributed by atoms with Crippen molar-refractivity contribution in [2.24, 2.45) is 0 Å². The molecule has 27 heavy (non-hydrogen) atoms. The predicted octanol–water partition coefficient (Wildman–Crippen LogP) is 2.33. The minimum atomic E-state index is -0.486. The van der Waals surface area contributed by atoms with Gasteiger partial charge in [0.2, 0.25) is 5.91 Å². The summed E-state index contributed by atoms with van der Waals surface area (Å²) in [7, 11) is 0. The molecule has 1 aromatic heterocycles. The number of hydrogen-bond acceptors (Lipinski definition) is 5. The second-order valence-corrected chi connectivity index (χ2v) is 7.31. The molecule has 1 fully saturated rings. The van der Waals surface area contributed by atoms with E-state index in [9.17, 15) is 14.0 Å². The normalized spacial score (nSPS) is 17.4. The molecule has 6 nitrogen and oxygen atoms in total. The standard InChI is InChI=1S/C19H22FN3O3S/c20-15-5-3-14(4-6-15)17-12-23(9-10-26-17)13-18(24)22-19(25)21-8-7-16-2-1-11-27-16/h1-6,11,17H,7-10,12-13H2,(H2,21,22,24,25). The fourth-order valence-corrected chi connectivity index (χ4v) is 3.60. The van der Waals surface area contributed by atoms with Gasteiger partial charge in [0.1, 0.15) is 5.82 Å². The van der Waals surface area contributed by atoms with Gasteiger partial charge in [-0.25, -0.2) is 9.18 Å². The summed E-state index contributed by atoms with van der Waals surface area (Å²) < 4.78 is 18.8. The lowest BCUT2D eigenvalue weighted by atomic mass is 10.1. The van der Waals surface area contributed by atoms with E-state index < -0.39 is 6.03 Å². The predicted molar refractivity (Wildman–Crippen MR) is 101 cm³/mol. The van der Waals surface area contributed by atoms with E-state index in [-0.39, 0.29) is 24.4 Å². The first kappa shape index (κ1) is 19.5. The van der Waals surface area contributed by atoms with Crippen molar-refractivity contribution in [1.29, 1.82) is 0 Å². The van der Waals surface area contributed by atoms with E-state index in [0.29, 0.717) is 26.2 Å². The Labute approximate surface area is 161 Å². The van der Waals surface area contributed by atoms with Crippen LogP contribution < -0.4 is 10.6 Å².